The van der Waals surface area contributed by atoms with Crippen LogP contribution in [0.25, 0.3) is 0 Å². The molecule has 0 aromatic carbocycles. The minimum Gasteiger partial charge on any atom is -0.368 e. The van der Waals surface area contributed by atoms with Crippen molar-refractivity contribution >= 4 is 23.8 Å². The van der Waals surface area contributed by atoms with E-state index in [0.717, 1.165) is 25.9 Å². The standard InChI is InChI=1S/C13H23N7O/c1-9(2)7-15-10(21)8-16-12-17-11(14)18-13(19-12)20-5-3-4-6-20/h9H,3-8H2,1-2H3,(H,15,21)(H3,14,16,17,18,19). The molecule has 8 heteroatoms. The maximum absolute atomic E-state index is 11.7. The zero-order valence-electron chi connectivity index (χ0n) is 12.6. The molecule has 0 spiro atoms. The lowest BCUT2D eigenvalue weighted by Crippen LogP contribution is -2.33. The minimum atomic E-state index is -0.0922. The number of carbonyl (C=O) groups is 1. The summed E-state index contributed by atoms with van der Waals surface area (Å²) >= 11 is 0. The van der Waals surface area contributed by atoms with E-state index in [2.05, 4.69) is 30.5 Å². The normalized spacial score (nSPS) is 14.5. The van der Waals surface area contributed by atoms with Gasteiger partial charge in [0.15, 0.2) is 0 Å². The van der Waals surface area contributed by atoms with Crippen LogP contribution in [0.5, 0.6) is 0 Å². The molecule has 21 heavy (non-hydrogen) atoms. The lowest BCUT2D eigenvalue weighted by molar-refractivity contribution is -0.119. The van der Waals surface area contributed by atoms with Crippen molar-refractivity contribution in [3.63, 3.8) is 0 Å². The molecule has 1 fully saturated rings. The molecule has 0 saturated carbocycles. The van der Waals surface area contributed by atoms with Crippen LogP contribution in [-0.4, -0.2) is 47.0 Å². The number of hydrogen-bond acceptors (Lipinski definition) is 7. The highest BCUT2D eigenvalue weighted by Crippen LogP contribution is 2.17. The van der Waals surface area contributed by atoms with Gasteiger partial charge in [0.1, 0.15) is 0 Å². The van der Waals surface area contributed by atoms with Crippen molar-refractivity contribution in [2.45, 2.75) is 26.7 Å². The molecule has 2 heterocycles. The number of anilines is 3. The van der Waals surface area contributed by atoms with E-state index < -0.39 is 0 Å². The highest BCUT2D eigenvalue weighted by atomic mass is 16.1. The molecule has 0 bridgehead atoms. The molecule has 1 aromatic heterocycles. The first-order valence-corrected chi connectivity index (χ1v) is 7.31. The fourth-order valence-corrected chi connectivity index (χ4v) is 2.06. The summed E-state index contributed by atoms with van der Waals surface area (Å²) in [5.41, 5.74) is 5.70. The molecule has 1 saturated heterocycles. The van der Waals surface area contributed by atoms with Crippen LogP contribution in [0.3, 0.4) is 0 Å². The summed E-state index contributed by atoms with van der Waals surface area (Å²) < 4.78 is 0. The molecule has 0 unspecified atom stereocenters. The molecular weight excluding hydrogens is 270 g/mol. The minimum absolute atomic E-state index is 0.0922. The van der Waals surface area contributed by atoms with E-state index in [0.29, 0.717) is 24.4 Å². The van der Waals surface area contributed by atoms with Gasteiger partial charge in [-0.05, 0) is 18.8 Å². The fraction of sp³-hybridized carbons (Fsp3) is 0.692. The smallest absolute Gasteiger partial charge is 0.239 e. The number of aromatic nitrogens is 3. The van der Waals surface area contributed by atoms with Crippen LogP contribution in [-0.2, 0) is 4.79 Å². The van der Waals surface area contributed by atoms with Crippen LogP contribution in [0.1, 0.15) is 26.7 Å². The average molecular weight is 293 g/mol. The van der Waals surface area contributed by atoms with Crippen molar-refractivity contribution in [2.24, 2.45) is 5.92 Å². The third kappa shape index (κ3) is 4.73. The van der Waals surface area contributed by atoms with Gasteiger partial charge in [0, 0.05) is 19.6 Å². The predicted molar refractivity (Wildman–Crippen MR) is 82.0 cm³/mol. The van der Waals surface area contributed by atoms with E-state index in [-0.39, 0.29) is 18.4 Å². The Bertz CT molecular complexity index is 485. The van der Waals surface area contributed by atoms with Gasteiger partial charge in [-0.3, -0.25) is 4.79 Å². The summed E-state index contributed by atoms with van der Waals surface area (Å²) in [5.74, 6) is 1.40. The van der Waals surface area contributed by atoms with Crippen LogP contribution in [0.2, 0.25) is 0 Å². The molecule has 2 rings (SSSR count). The molecule has 0 aliphatic carbocycles. The number of hydrogen-bond donors (Lipinski definition) is 3. The molecule has 4 N–H and O–H groups in total. The van der Waals surface area contributed by atoms with Gasteiger partial charge in [-0.15, -0.1) is 0 Å². The summed E-state index contributed by atoms with van der Waals surface area (Å²) in [5, 5.41) is 5.71. The van der Waals surface area contributed by atoms with Crippen LogP contribution in [0, 0.1) is 5.92 Å². The largest absolute Gasteiger partial charge is 0.368 e. The summed E-state index contributed by atoms with van der Waals surface area (Å²) in [6.45, 7) is 6.72. The van der Waals surface area contributed by atoms with E-state index in [1.165, 1.54) is 0 Å². The predicted octanol–water partition coefficient (Wildman–Crippen LogP) is 0.238. The SMILES string of the molecule is CC(C)CNC(=O)CNc1nc(N)nc(N2CCCC2)n1. The van der Waals surface area contributed by atoms with E-state index in [4.69, 9.17) is 5.73 Å². The van der Waals surface area contributed by atoms with E-state index >= 15 is 0 Å². The molecule has 1 aromatic rings. The third-order valence-corrected chi connectivity index (χ3v) is 3.14. The molecule has 8 nitrogen and oxygen atoms in total. The molecule has 1 amide bonds. The quantitative estimate of drug-likeness (QED) is 0.689. The zero-order chi connectivity index (χ0) is 15.2. The molecule has 1 aliphatic heterocycles. The highest BCUT2D eigenvalue weighted by molar-refractivity contribution is 5.80. The monoisotopic (exact) mass is 293 g/mol. The first kappa shape index (κ1) is 15.3. The number of amides is 1. The van der Waals surface area contributed by atoms with Crippen molar-refractivity contribution in [1.82, 2.24) is 20.3 Å². The molecule has 116 valence electrons. The maximum Gasteiger partial charge on any atom is 0.239 e. The Morgan fingerprint density at radius 2 is 2.00 bits per heavy atom. The lowest BCUT2D eigenvalue weighted by Gasteiger charge is -2.16. The maximum atomic E-state index is 11.7. The van der Waals surface area contributed by atoms with Gasteiger partial charge in [-0.25, -0.2) is 0 Å². The second-order valence-electron chi connectivity index (χ2n) is 5.56. The van der Waals surface area contributed by atoms with Gasteiger partial charge in [0.05, 0.1) is 6.54 Å². The van der Waals surface area contributed by atoms with Crippen molar-refractivity contribution in [3.05, 3.63) is 0 Å². The summed E-state index contributed by atoms with van der Waals surface area (Å²) in [4.78, 5) is 26.2. The zero-order valence-corrected chi connectivity index (χ0v) is 12.6. The van der Waals surface area contributed by atoms with Gasteiger partial charge in [0.25, 0.3) is 0 Å². The van der Waals surface area contributed by atoms with Crippen LogP contribution >= 0.6 is 0 Å². The molecule has 1 aliphatic rings. The van der Waals surface area contributed by atoms with Crippen molar-refractivity contribution in [1.29, 1.82) is 0 Å². The van der Waals surface area contributed by atoms with Crippen LogP contribution in [0.15, 0.2) is 0 Å². The Morgan fingerprint density at radius 3 is 2.67 bits per heavy atom. The summed E-state index contributed by atoms with van der Waals surface area (Å²) in [6, 6.07) is 0. The van der Waals surface area contributed by atoms with E-state index in [1.54, 1.807) is 0 Å². The molecule has 0 radical (unpaired) electrons. The van der Waals surface area contributed by atoms with Gasteiger partial charge in [-0.2, -0.15) is 15.0 Å². The number of nitrogen functional groups attached to an aromatic ring is 1. The number of nitrogens with zero attached hydrogens (tertiary/aromatic N) is 4. The number of nitrogens with one attached hydrogen (secondary N) is 2. The second-order valence-corrected chi connectivity index (χ2v) is 5.56. The second kappa shape index (κ2) is 7.05. The van der Waals surface area contributed by atoms with Crippen LogP contribution < -0.4 is 21.3 Å². The van der Waals surface area contributed by atoms with Crippen molar-refractivity contribution in [2.75, 3.05) is 42.1 Å². The van der Waals surface area contributed by atoms with Gasteiger partial charge in [-0.1, -0.05) is 13.8 Å². The van der Waals surface area contributed by atoms with Gasteiger partial charge < -0.3 is 21.3 Å². The molecule has 0 atom stereocenters. The Kier molecular flexibility index (Phi) is 5.13. The number of nitrogens with two attached hydrogens (primary N) is 1. The van der Waals surface area contributed by atoms with Crippen molar-refractivity contribution < 1.29 is 4.79 Å². The number of rotatable bonds is 6. The summed E-state index contributed by atoms with van der Waals surface area (Å²) in [7, 11) is 0. The average Bonchev–Trinajstić information content (AvgIpc) is 2.96. The number of carbonyl (C=O) groups excluding carboxylic acids is 1. The fourth-order valence-electron chi connectivity index (χ4n) is 2.06. The Morgan fingerprint density at radius 1 is 1.29 bits per heavy atom. The van der Waals surface area contributed by atoms with E-state index in [9.17, 15) is 4.79 Å². The third-order valence-electron chi connectivity index (χ3n) is 3.14. The topological polar surface area (TPSA) is 109 Å². The first-order chi connectivity index (χ1) is 10.0. The Hall–Kier alpha value is -2.12. The lowest BCUT2D eigenvalue weighted by atomic mass is 10.2. The van der Waals surface area contributed by atoms with Crippen molar-refractivity contribution in [3.8, 4) is 0 Å². The van der Waals surface area contributed by atoms with Crippen LogP contribution in [0.4, 0.5) is 17.8 Å². The Labute approximate surface area is 124 Å². The summed E-state index contributed by atoms with van der Waals surface area (Å²) in [6.07, 6.45) is 2.26. The van der Waals surface area contributed by atoms with Gasteiger partial charge >= 0.3 is 0 Å². The Balaban J connectivity index is 1.92. The van der Waals surface area contributed by atoms with E-state index in [1.807, 2.05) is 13.8 Å². The molecular formula is C13H23N7O. The highest BCUT2D eigenvalue weighted by Gasteiger charge is 2.16. The first-order valence-electron chi connectivity index (χ1n) is 7.31. The van der Waals surface area contributed by atoms with Gasteiger partial charge in [0.2, 0.25) is 23.8 Å².